The second kappa shape index (κ2) is 8.20. The number of amides is 1. The number of methoxy groups -OCH3 is 2. The number of rotatable bonds is 6. The van der Waals surface area contributed by atoms with Gasteiger partial charge in [0, 0.05) is 6.54 Å². The van der Waals surface area contributed by atoms with Gasteiger partial charge in [-0.2, -0.15) is 0 Å². The maximum absolute atomic E-state index is 12.2. The lowest BCUT2D eigenvalue weighted by molar-refractivity contribution is -0.120. The Hall–Kier alpha value is -2.01. The van der Waals surface area contributed by atoms with Crippen molar-refractivity contribution in [1.29, 1.82) is 0 Å². The minimum atomic E-state index is -0.00499. The van der Waals surface area contributed by atoms with Crippen molar-refractivity contribution < 1.29 is 14.3 Å². The molecule has 1 amide bonds. The van der Waals surface area contributed by atoms with E-state index in [1.54, 1.807) is 14.2 Å². The fourth-order valence-electron chi connectivity index (χ4n) is 2.50. The SMILES string of the molecule is COc1cc(CNC(=O)Cc2cc(C)ccc2C)cc(Br)c1OC. The predicted molar refractivity (Wildman–Crippen MR) is 98.7 cm³/mol. The molecule has 0 aromatic heterocycles. The summed E-state index contributed by atoms with van der Waals surface area (Å²) in [6.45, 7) is 4.48. The maximum Gasteiger partial charge on any atom is 0.224 e. The first-order chi connectivity index (χ1) is 11.4. The Balaban J connectivity index is 2.04. The van der Waals surface area contributed by atoms with Gasteiger partial charge in [-0.15, -0.1) is 0 Å². The number of halogens is 1. The summed E-state index contributed by atoms with van der Waals surface area (Å²) < 4.78 is 11.4. The van der Waals surface area contributed by atoms with Crippen molar-refractivity contribution in [2.24, 2.45) is 0 Å². The highest BCUT2D eigenvalue weighted by Crippen LogP contribution is 2.36. The third-order valence-electron chi connectivity index (χ3n) is 3.84. The van der Waals surface area contributed by atoms with E-state index < -0.39 is 0 Å². The molecule has 0 saturated carbocycles. The molecule has 0 aliphatic carbocycles. The number of carbonyl (C=O) groups excluding carboxylic acids is 1. The molecule has 0 aliphatic heterocycles. The Morgan fingerprint density at radius 1 is 1.12 bits per heavy atom. The molecule has 1 N–H and O–H groups in total. The van der Waals surface area contributed by atoms with Crippen molar-refractivity contribution in [2.75, 3.05) is 14.2 Å². The summed E-state index contributed by atoms with van der Waals surface area (Å²) >= 11 is 3.46. The van der Waals surface area contributed by atoms with Gasteiger partial charge in [0.15, 0.2) is 11.5 Å². The summed E-state index contributed by atoms with van der Waals surface area (Å²) in [4.78, 5) is 12.2. The fourth-order valence-corrected chi connectivity index (χ4v) is 3.15. The zero-order valence-electron chi connectivity index (χ0n) is 14.4. The molecule has 5 heteroatoms. The van der Waals surface area contributed by atoms with E-state index in [2.05, 4.69) is 33.4 Å². The van der Waals surface area contributed by atoms with Crippen molar-refractivity contribution >= 4 is 21.8 Å². The van der Waals surface area contributed by atoms with Gasteiger partial charge in [0.05, 0.1) is 25.1 Å². The molecule has 128 valence electrons. The minimum Gasteiger partial charge on any atom is -0.493 e. The smallest absolute Gasteiger partial charge is 0.224 e. The normalized spacial score (nSPS) is 10.4. The number of aryl methyl sites for hydroxylation is 2. The standard InChI is InChI=1S/C19H22BrNO3/c1-12-5-6-13(2)15(7-12)10-18(22)21-11-14-8-16(20)19(24-4)17(9-14)23-3/h5-9H,10-11H2,1-4H3,(H,21,22). The van der Waals surface area contributed by atoms with Crippen LogP contribution in [-0.4, -0.2) is 20.1 Å². The molecule has 2 rings (SSSR count). The number of carbonyl (C=O) groups is 1. The summed E-state index contributed by atoms with van der Waals surface area (Å²) in [7, 11) is 3.18. The zero-order chi connectivity index (χ0) is 17.7. The molecule has 0 radical (unpaired) electrons. The van der Waals surface area contributed by atoms with Crippen molar-refractivity contribution in [3.8, 4) is 11.5 Å². The van der Waals surface area contributed by atoms with E-state index in [1.165, 1.54) is 0 Å². The van der Waals surface area contributed by atoms with Crippen LogP contribution >= 0.6 is 15.9 Å². The molecule has 0 aliphatic rings. The van der Waals surface area contributed by atoms with Gasteiger partial charge in [-0.05, 0) is 58.6 Å². The molecule has 0 heterocycles. The van der Waals surface area contributed by atoms with Crippen molar-refractivity contribution in [1.82, 2.24) is 5.32 Å². The van der Waals surface area contributed by atoms with Gasteiger partial charge in [-0.1, -0.05) is 23.8 Å². The van der Waals surface area contributed by atoms with Crippen LogP contribution in [0.1, 0.15) is 22.3 Å². The van der Waals surface area contributed by atoms with E-state index in [-0.39, 0.29) is 5.91 Å². The first kappa shape index (κ1) is 18.3. The molecule has 2 aromatic rings. The molecule has 0 atom stereocenters. The van der Waals surface area contributed by atoms with Crippen LogP contribution in [0.5, 0.6) is 11.5 Å². The largest absolute Gasteiger partial charge is 0.493 e. The molecular formula is C19H22BrNO3. The van der Waals surface area contributed by atoms with E-state index >= 15 is 0 Å². The summed E-state index contributed by atoms with van der Waals surface area (Å²) in [5.41, 5.74) is 4.28. The Morgan fingerprint density at radius 2 is 1.88 bits per heavy atom. The van der Waals surface area contributed by atoms with E-state index in [9.17, 15) is 4.79 Å². The van der Waals surface area contributed by atoms with E-state index in [0.29, 0.717) is 24.5 Å². The van der Waals surface area contributed by atoms with E-state index in [0.717, 1.165) is 26.7 Å². The maximum atomic E-state index is 12.2. The lowest BCUT2D eigenvalue weighted by Gasteiger charge is -2.13. The van der Waals surface area contributed by atoms with E-state index in [4.69, 9.17) is 9.47 Å². The van der Waals surface area contributed by atoms with Gasteiger partial charge in [0.1, 0.15) is 0 Å². The number of ether oxygens (including phenoxy) is 2. The van der Waals surface area contributed by atoms with Crippen molar-refractivity contribution in [3.05, 3.63) is 57.1 Å². The van der Waals surface area contributed by atoms with Crippen LogP contribution in [0.25, 0.3) is 0 Å². The number of hydrogen-bond acceptors (Lipinski definition) is 3. The third kappa shape index (κ3) is 4.51. The Labute approximate surface area is 151 Å². The summed E-state index contributed by atoms with van der Waals surface area (Å²) in [6, 6.07) is 9.94. The first-order valence-electron chi connectivity index (χ1n) is 7.67. The van der Waals surface area contributed by atoms with Gasteiger partial charge < -0.3 is 14.8 Å². The topological polar surface area (TPSA) is 47.6 Å². The van der Waals surface area contributed by atoms with Gasteiger partial charge in [-0.3, -0.25) is 4.79 Å². The predicted octanol–water partition coefficient (Wildman–Crippen LogP) is 3.94. The van der Waals surface area contributed by atoms with Crippen LogP contribution in [0.3, 0.4) is 0 Å². The quantitative estimate of drug-likeness (QED) is 0.810. The molecule has 0 saturated heterocycles. The second-order valence-electron chi connectivity index (χ2n) is 5.70. The summed E-state index contributed by atoms with van der Waals surface area (Å²) in [5.74, 6) is 1.27. The molecule has 0 unspecified atom stereocenters. The van der Waals surface area contributed by atoms with Crippen LogP contribution in [0.4, 0.5) is 0 Å². The zero-order valence-corrected chi connectivity index (χ0v) is 16.0. The fraction of sp³-hybridized carbons (Fsp3) is 0.316. The number of nitrogens with one attached hydrogen (secondary N) is 1. The Bertz CT molecular complexity index is 744. The van der Waals surface area contributed by atoms with Crippen LogP contribution in [0, 0.1) is 13.8 Å². The van der Waals surface area contributed by atoms with Crippen molar-refractivity contribution in [2.45, 2.75) is 26.8 Å². The van der Waals surface area contributed by atoms with Crippen LogP contribution in [0.2, 0.25) is 0 Å². The monoisotopic (exact) mass is 391 g/mol. The summed E-state index contributed by atoms with van der Waals surface area (Å²) in [6.07, 6.45) is 0.377. The van der Waals surface area contributed by atoms with Crippen LogP contribution in [0.15, 0.2) is 34.8 Å². The number of hydrogen-bond donors (Lipinski definition) is 1. The van der Waals surface area contributed by atoms with Crippen LogP contribution in [-0.2, 0) is 17.8 Å². The highest BCUT2D eigenvalue weighted by molar-refractivity contribution is 9.10. The van der Waals surface area contributed by atoms with Crippen LogP contribution < -0.4 is 14.8 Å². The lowest BCUT2D eigenvalue weighted by Crippen LogP contribution is -2.25. The lowest BCUT2D eigenvalue weighted by atomic mass is 10.0. The first-order valence-corrected chi connectivity index (χ1v) is 8.47. The molecule has 4 nitrogen and oxygen atoms in total. The molecular weight excluding hydrogens is 370 g/mol. The van der Waals surface area contributed by atoms with Gasteiger partial charge in [0.25, 0.3) is 0 Å². The molecule has 24 heavy (non-hydrogen) atoms. The minimum absolute atomic E-state index is 0.00499. The summed E-state index contributed by atoms with van der Waals surface area (Å²) in [5, 5.41) is 2.95. The van der Waals surface area contributed by atoms with Gasteiger partial charge in [-0.25, -0.2) is 0 Å². The van der Waals surface area contributed by atoms with Gasteiger partial charge >= 0.3 is 0 Å². The average Bonchev–Trinajstić information content (AvgIpc) is 2.55. The van der Waals surface area contributed by atoms with Gasteiger partial charge in [0.2, 0.25) is 5.91 Å². The highest BCUT2D eigenvalue weighted by Gasteiger charge is 2.12. The third-order valence-corrected chi connectivity index (χ3v) is 4.43. The average molecular weight is 392 g/mol. The van der Waals surface area contributed by atoms with E-state index in [1.807, 2.05) is 32.0 Å². The molecule has 0 fully saturated rings. The Morgan fingerprint density at radius 3 is 2.54 bits per heavy atom. The number of benzene rings is 2. The molecule has 2 aromatic carbocycles. The molecule has 0 bridgehead atoms. The Kier molecular flexibility index (Phi) is 6.26. The van der Waals surface area contributed by atoms with Crippen molar-refractivity contribution in [3.63, 3.8) is 0 Å². The molecule has 0 spiro atoms. The highest BCUT2D eigenvalue weighted by atomic mass is 79.9. The second-order valence-corrected chi connectivity index (χ2v) is 6.55.